The monoisotopic (exact) mass is 353 g/mol. The molecule has 5 heteroatoms. The minimum Gasteiger partial charge on any atom is -0.360 e. The molecule has 0 amide bonds. The molecule has 128 valence electrons. The van der Waals surface area contributed by atoms with Crippen molar-refractivity contribution in [2.75, 3.05) is 13.1 Å². The summed E-state index contributed by atoms with van der Waals surface area (Å²) in [5, 5.41) is 5.04. The number of aromatic nitrogens is 2. The van der Waals surface area contributed by atoms with E-state index in [9.17, 15) is 0 Å². The molecule has 1 aromatic carbocycles. The van der Waals surface area contributed by atoms with Gasteiger partial charge in [0.05, 0.1) is 0 Å². The molecule has 0 spiro atoms. The largest absolute Gasteiger partial charge is 0.360 e. The van der Waals surface area contributed by atoms with Crippen LogP contribution in [0.15, 0.2) is 53.3 Å². The zero-order chi connectivity index (χ0) is 17.1. The highest BCUT2D eigenvalue weighted by atomic mass is 35.5. The predicted molar refractivity (Wildman–Crippen MR) is 98.5 cm³/mol. The van der Waals surface area contributed by atoms with E-state index in [2.05, 4.69) is 21.1 Å². The third kappa shape index (κ3) is 3.75. The van der Waals surface area contributed by atoms with Gasteiger partial charge in [0, 0.05) is 48.1 Å². The highest BCUT2D eigenvalue weighted by Crippen LogP contribution is 2.30. The molecule has 0 radical (unpaired) electrons. The standard InChI is InChI=1S/C20H20ClN3O/c21-17-7-5-16(6-8-17)20-18-14-24(12-9-19(18)25-23-20)11-2-4-15-3-1-10-22-13-15/h1,3,5-8,10,13H,2,4,9,11-12,14H2. The number of rotatable bonds is 5. The molecule has 0 bridgehead atoms. The smallest absolute Gasteiger partial charge is 0.143 e. The lowest BCUT2D eigenvalue weighted by Crippen LogP contribution is -2.31. The third-order valence-corrected chi connectivity index (χ3v) is 4.94. The highest BCUT2D eigenvalue weighted by molar-refractivity contribution is 6.30. The zero-order valence-electron chi connectivity index (χ0n) is 14.0. The predicted octanol–water partition coefficient (Wildman–Crippen LogP) is 4.38. The van der Waals surface area contributed by atoms with Gasteiger partial charge in [-0.3, -0.25) is 9.88 Å². The molecule has 1 aliphatic heterocycles. The van der Waals surface area contributed by atoms with Crippen LogP contribution in [0.2, 0.25) is 5.02 Å². The van der Waals surface area contributed by atoms with Crippen molar-refractivity contribution < 1.29 is 4.52 Å². The van der Waals surface area contributed by atoms with Crippen molar-refractivity contribution in [2.24, 2.45) is 0 Å². The van der Waals surface area contributed by atoms with Gasteiger partial charge in [-0.25, -0.2) is 0 Å². The van der Waals surface area contributed by atoms with E-state index < -0.39 is 0 Å². The van der Waals surface area contributed by atoms with Gasteiger partial charge in [0.15, 0.2) is 0 Å². The normalized spacial score (nSPS) is 14.4. The van der Waals surface area contributed by atoms with E-state index in [0.29, 0.717) is 0 Å². The Morgan fingerprint density at radius 3 is 2.84 bits per heavy atom. The first-order valence-electron chi connectivity index (χ1n) is 8.64. The molecular weight excluding hydrogens is 334 g/mol. The van der Waals surface area contributed by atoms with Gasteiger partial charge in [-0.05, 0) is 43.1 Å². The maximum atomic E-state index is 5.99. The lowest BCUT2D eigenvalue weighted by atomic mass is 10.0. The Kier molecular flexibility index (Phi) is 4.81. The summed E-state index contributed by atoms with van der Waals surface area (Å²) >= 11 is 5.99. The van der Waals surface area contributed by atoms with Crippen molar-refractivity contribution >= 4 is 11.6 Å². The summed E-state index contributed by atoms with van der Waals surface area (Å²) in [4.78, 5) is 6.66. The number of hydrogen-bond donors (Lipinski definition) is 0. The molecule has 0 N–H and O–H groups in total. The second-order valence-corrected chi connectivity index (χ2v) is 6.87. The van der Waals surface area contributed by atoms with E-state index in [4.69, 9.17) is 16.1 Å². The molecular formula is C20H20ClN3O. The molecule has 0 atom stereocenters. The first-order chi connectivity index (χ1) is 12.3. The zero-order valence-corrected chi connectivity index (χ0v) is 14.7. The van der Waals surface area contributed by atoms with Gasteiger partial charge in [0.2, 0.25) is 0 Å². The molecule has 3 aromatic rings. The van der Waals surface area contributed by atoms with Crippen LogP contribution in [-0.2, 0) is 19.4 Å². The van der Waals surface area contributed by atoms with Crippen LogP contribution in [0.25, 0.3) is 11.3 Å². The molecule has 25 heavy (non-hydrogen) atoms. The molecule has 4 nitrogen and oxygen atoms in total. The Morgan fingerprint density at radius 1 is 1.16 bits per heavy atom. The summed E-state index contributed by atoms with van der Waals surface area (Å²) in [5.74, 6) is 1.02. The number of halogens is 1. The summed E-state index contributed by atoms with van der Waals surface area (Å²) < 4.78 is 5.58. The SMILES string of the molecule is Clc1ccc(-c2noc3c2CN(CCCc2cccnc2)CC3)cc1. The summed E-state index contributed by atoms with van der Waals surface area (Å²) in [6.45, 7) is 2.98. The molecule has 0 fully saturated rings. The summed E-state index contributed by atoms with van der Waals surface area (Å²) in [7, 11) is 0. The van der Waals surface area contributed by atoms with Crippen molar-refractivity contribution in [3.8, 4) is 11.3 Å². The highest BCUT2D eigenvalue weighted by Gasteiger charge is 2.24. The quantitative estimate of drug-likeness (QED) is 0.682. The molecule has 0 saturated carbocycles. The minimum absolute atomic E-state index is 0.734. The van der Waals surface area contributed by atoms with Crippen LogP contribution in [-0.4, -0.2) is 28.1 Å². The van der Waals surface area contributed by atoms with Gasteiger partial charge in [-0.2, -0.15) is 0 Å². The van der Waals surface area contributed by atoms with E-state index in [1.54, 1.807) is 0 Å². The lowest BCUT2D eigenvalue weighted by Gasteiger charge is -2.26. The molecule has 0 unspecified atom stereocenters. The number of pyridine rings is 1. The van der Waals surface area contributed by atoms with E-state index >= 15 is 0 Å². The fourth-order valence-corrected chi connectivity index (χ4v) is 3.47. The number of fused-ring (bicyclic) bond motifs is 1. The number of benzene rings is 1. The van der Waals surface area contributed by atoms with E-state index in [0.717, 1.165) is 60.9 Å². The van der Waals surface area contributed by atoms with Crippen molar-refractivity contribution in [3.63, 3.8) is 0 Å². The van der Waals surface area contributed by atoms with Crippen LogP contribution >= 0.6 is 11.6 Å². The van der Waals surface area contributed by atoms with Gasteiger partial charge in [0.25, 0.3) is 0 Å². The second kappa shape index (κ2) is 7.38. The second-order valence-electron chi connectivity index (χ2n) is 6.43. The molecule has 4 rings (SSSR count). The topological polar surface area (TPSA) is 42.2 Å². The van der Waals surface area contributed by atoms with E-state index in [1.807, 2.05) is 42.7 Å². The van der Waals surface area contributed by atoms with Gasteiger partial charge in [-0.15, -0.1) is 0 Å². The van der Waals surface area contributed by atoms with Crippen LogP contribution in [0.1, 0.15) is 23.3 Å². The average Bonchev–Trinajstić information content (AvgIpc) is 3.07. The van der Waals surface area contributed by atoms with Crippen molar-refractivity contribution in [2.45, 2.75) is 25.8 Å². The van der Waals surface area contributed by atoms with Gasteiger partial charge < -0.3 is 4.52 Å². The van der Waals surface area contributed by atoms with Crippen LogP contribution in [0.5, 0.6) is 0 Å². The van der Waals surface area contributed by atoms with Gasteiger partial charge in [0.1, 0.15) is 11.5 Å². The number of nitrogens with zero attached hydrogens (tertiary/aromatic N) is 3. The van der Waals surface area contributed by atoms with Crippen molar-refractivity contribution in [3.05, 3.63) is 70.7 Å². The molecule has 0 saturated heterocycles. The summed E-state index contributed by atoms with van der Waals surface area (Å²) in [5.41, 5.74) is 4.53. The van der Waals surface area contributed by atoms with E-state index in [1.165, 1.54) is 11.1 Å². The average molecular weight is 354 g/mol. The molecule has 3 heterocycles. The van der Waals surface area contributed by atoms with Crippen LogP contribution < -0.4 is 0 Å². The Bertz CT molecular complexity index is 830. The third-order valence-electron chi connectivity index (χ3n) is 4.69. The molecule has 2 aromatic heterocycles. The Balaban J connectivity index is 1.42. The Labute approximate surface area is 152 Å². The maximum absolute atomic E-state index is 5.99. The Morgan fingerprint density at radius 2 is 2.04 bits per heavy atom. The molecule has 1 aliphatic rings. The first-order valence-corrected chi connectivity index (χ1v) is 9.02. The van der Waals surface area contributed by atoms with Crippen molar-refractivity contribution in [1.29, 1.82) is 0 Å². The summed E-state index contributed by atoms with van der Waals surface area (Å²) in [6, 6.07) is 11.9. The molecule has 0 aliphatic carbocycles. The van der Waals surface area contributed by atoms with Gasteiger partial charge >= 0.3 is 0 Å². The van der Waals surface area contributed by atoms with E-state index in [-0.39, 0.29) is 0 Å². The number of hydrogen-bond acceptors (Lipinski definition) is 4. The first kappa shape index (κ1) is 16.3. The van der Waals surface area contributed by atoms with Crippen LogP contribution in [0.3, 0.4) is 0 Å². The lowest BCUT2D eigenvalue weighted by molar-refractivity contribution is 0.234. The Hall–Kier alpha value is -2.17. The maximum Gasteiger partial charge on any atom is 0.143 e. The van der Waals surface area contributed by atoms with Crippen LogP contribution in [0, 0.1) is 0 Å². The number of aryl methyl sites for hydroxylation is 1. The van der Waals surface area contributed by atoms with Crippen LogP contribution in [0.4, 0.5) is 0 Å². The summed E-state index contributed by atoms with van der Waals surface area (Å²) in [6.07, 6.45) is 6.88. The minimum atomic E-state index is 0.734. The fraction of sp³-hybridized carbons (Fsp3) is 0.300. The van der Waals surface area contributed by atoms with Gasteiger partial charge in [-0.1, -0.05) is 35.0 Å². The fourth-order valence-electron chi connectivity index (χ4n) is 3.34. The van der Waals surface area contributed by atoms with Crippen molar-refractivity contribution in [1.82, 2.24) is 15.0 Å².